The quantitative estimate of drug-likeness (QED) is 0.0199. The normalized spacial score (nSPS) is 13.2. The second-order valence-corrected chi connectivity index (χ2v) is 17.3. The van der Waals surface area contributed by atoms with E-state index in [1.54, 1.807) is 0 Å². The summed E-state index contributed by atoms with van der Waals surface area (Å²) in [4.78, 5) is 38.1. The number of allylic oxidation sites excluding steroid dienone is 22. The number of rotatable bonds is 46. The van der Waals surface area contributed by atoms with Crippen LogP contribution in [0, 0.1) is 0 Å². The van der Waals surface area contributed by atoms with Crippen LogP contribution in [0.5, 0.6) is 0 Å². The van der Waals surface area contributed by atoms with E-state index in [2.05, 4.69) is 81.5 Å². The van der Waals surface area contributed by atoms with Crippen LogP contribution in [-0.2, 0) is 28.6 Å². The minimum atomic E-state index is -0.810. The van der Waals surface area contributed by atoms with Crippen LogP contribution in [0.3, 0.4) is 0 Å². The molecule has 6 nitrogen and oxygen atoms in total. The molecule has 0 aromatic heterocycles. The van der Waals surface area contributed by atoms with E-state index in [1.165, 1.54) is 83.5 Å². The lowest BCUT2D eigenvalue weighted by Crippen LogP contribution is -2.30. The van der Waals surface area contributed by atoms with Crippen LogP contribution in [0.25, 0.3) is 0 Å². The largest absolute Gasteiger partial charge is 0.462 e. The monoisotopic (exact) mass is 925 g/mol. The van der Waals surface area contributed by atoms with E-state index in [4.69, 9.17) is 14.2 Å². The molecule has 6 heteroatoms. The summed E-state index contributed by atoms with van der Waals surface area (Å²) in [6.07, 6.45) is 75.7. The van der Waals surface area contributed by atoms with Crippen molar-refractivity contribution in [3.63, 3.8) is 0 Å². The van der Waals surface area contributed by atoms with Gasteiger partial charge in [0.25, 0.3) is 0 Å². The average Bonchev–Trinajstić information content (AvgIpc) is 3.33. The van der Waals surface area contributed by atoms with Crippen LogP contribution in [-0.4, -0.2) is 37.2 Å². The summed E-state index contributed by atoms with van der Waals surface area (Å²) >= 11 is 0. The summed E-state index contributed by atoms with van der Waals surface area (Å²) in [6.45, 7) is 6.28. The van der Waals surface area contributed by atoms with Gasteiger partial charge in [0.2, 0.25) is 0 Å². The van der Waals surface area contributed by atoms with Crippen molar-refractivity contribution >= 4 is 17.9 Å². The van der Waals surface area contributed by atoms with Crippen molar-refractivity contribution in [2.24, 2.45) is 0 Å². The second-order valence-electron chi connectivity index (χ2n) is 17.3. The smallest absolute Gasteiger partial charge is 0.306 e. The van der Waals surface area contributed by atoms with Gasteiger partial charge in [-0.15, -0.1) is 0 Å². The molecule has 0 bridgehead atoms. The van der Waals surface area contributed by atoms with Gasteiger partial charge in [-0.3, -0.25) is 14.4 Å². The fraction of sp³-hybridized carbons (Fsp3) is 0.590. The summed E-state index contributed by atoms with van der Waals surface area (Å²) in [6, 6.07) is 0. The van der Waals surface area contributed by atoms with Crippen molar-refractivity contribution in [1.82, 2.24) is 0 Å². The minimum Gasteiger partial charge on any atom is -0.462 e. The van der Waals surface area contributed by atoms with E-state index < -0.39 is 6.10 Å². The molecule has 0 heterocycles. The van der Waals surface area contributed by atoms with Crippen molar-refractivity contribution in [2.75, 3.05) is 13.2 Å². The Morgan fingerprint density at radius 3 is 0.970 bits per heavy atom. The summed E-state index contributed by atoms with van der Waals surface area (Å²) in [5.41, 5.74) is 0. The summed E-state index contributed by atoms with van der Waals surface area (Å²) < 4.78 is 16.8. The zero-order chi connectivity index (χ0) is 48.6. The van der Waals surface area contributed by atoms with Gasteiger partial charge in [0.05, 0.1) is 0 Å². The lowest BCUT2D eigenvalue weighted by Gasteiger charge is -2.18. The van der Waals surface area contributed by atoms with Crippen LogP contribution >= 0.6 is 0 Å². The molecule has 0 aromatic carbocycles. The number of carbonyl (C=O) groups is 3. The molecular weight excluding hydrogens is 829 g/mol. The fourth-order valence-corrected chi connectivity index (χ4v) is 6.89. The molecule has 0 radical (unpaired) electrons. The van der Waals surface area contributed by atoms with Gasteiger partial charge in [-0.2, -0.15) is 0 Å². The molecule has 0 aliphatic carbocycles. The van der Waals surface area contributed by atoms with Crippen molar-refractivity contribution in [2.45, 2.75) is 219 Å². The van der Waals surface area contributed by atoms with E-state index in [0.717, 1.165) is 89.9 Å². The summed E-state index contributed by atoms with van der Waals surface area (Å²) in [7, 11) is 0. The molecule has 0 aliphatic rings. The van der Waals surface area contributed by atoms with Gasteiger partial charge >= 0.3 is 17.9 Å². The molecule has 0 rings (SSSR count). The van der Waals surface area contributed by atoms with Gasteiger partial charge < -0.3 is 14.2 Å². The van der Waals surface area contributed by atoms with Gasteiger partial charge in [0, 0.05) is 19.3 Å². The Balaban J connectivity index is 4.54. The number of hydrogen-bond donors (Lipinski definition) is 0. The molecule has 0 fully saturated rings. The maximum Gasteiger partial charge on any atom is 0.306 e. The first-order valence-corrected chi connectivity index (χ1v) is 26.8. The van der Waals surface area contributed by atoms with Gasteiger partial charge in [0.15, 0.2) is 6.10 Å². The third-order valence-electron chi connectivity index (χ3n) is 10.9. The van der Waals surface area contributed by atoms with Gasteiger partial charge in [-0.25, -0.2) is 0 Å². The van der Waals surface area contributed by atoms with Crippen LogP contribution < -0.4 is 0 Å². The maximum atomic E-state index is 12.8. The highest BCUT2D eigenvalue weighted by atomic mass is 16.6. The van der Waals surface area contributed by atoms with Crippen molar-refractivity contribution in [3.8, 4) is 0 Å². The summed E-state index contributed by atoms with van der Waals surface area (Å²) in [5, 5.41) is 0. The highest BCUT2D eigenvalue weighted by Crippen LogP contribution is 2.14. The topological polar surface area (TPSA) is 78.9 Å². The molecule has 0 saturated heterocycles. The molecule has 0 saturated carbocycles. The Bertz CT molecular complexity index is 1480. The van der Waals surface area contributed by atoms with Gasteiger partial charge in [-0.1, -0.05) is 244 Å². The number of hydrogen-bond acceptors (Lipinski definition) is 6. The van der Waals surface area contributed by atoms with Gasteiger partial charge in [-0.05, 0) is 83.5 Å². The van der Waals surface area contributed by atoms with Crippen LogP contribution in [0.4, 0.5) is 0 Å². The molecule has 1 atom stereocenters. The van der Waals surface area contributed by atoms with E-state index in [1.807, 2.05) is 72.9 Å². The zero-order valence-corrected chi connectivity index (χ0v) is 42.9. The minimum absolute atomic E-state index is 0.105. The molecule has 0 N–H and O–H groups in total. The zero-order valence-electron chi connectivity index (χ0n) is 42.9. The number of carbonyl (C=O) groups excluding carboxylic acids is 3. The van der Waals surface area contributed by atoms with Crippen LogP contribution in [0.15, 0.2) is 134 Å². The van der Waals surface area contributed by atoms with Crippen LogP contribution in [0.2, 0.25) is 0 Å². The van der Waals surface area contributed by atoms with Crippen LogP contribution in [0.1, 0.15) is 213 Å². The Morgan fingerprint density at radius 2 is 0.597 bits per heavy atom. The fourth-order valence-electron chi connectivity index (χ4n) is 6.89. The molecule has 0 amide bonds. The highest BCUT2D eigenvalue weighted by molar-refractivity contribution is 5.71. The third kappa shape index (κ3) is 52.4. The predicted molar refractivity (Wildman–Crippen MR) is 288 cm³/mol. The highest BCUT2D eigenvalue weighted by Gasteiger charge is 2.19. The SMILES string of the molecule is CC\C=C/C=C\C=C/C=C\C=C\C=C/C=C\CCCCCC(=O)OCC(COC(=O)CCCCCCCCC/C=C\CCCCCC)OC(=O)CCCCCCCCC\C=C/C=C\C=C/CC. The first-order valence-electron chi connectivity index (χ1n) is 26.8. The lowest BCUT2D eigenvalue weighted by atomic mass is 10.1. The number of ether oxygens (including phenoxy) is 3. The number of unbranched alkanes of at least 4 members (excludes halogenated alkanes) is 21. The first-order chi connectivity index (χ1) is 33.0. The Labute approximate surface area is 411 Å². The molecular formula is C61H96O6. The van der Waals surface area contributed by atoms with E-state index in [0.29, 0.717) is 19.3 Å². The first kappa shape index (κ1) is 62.5. The molecule has 67 heavy (non-hydrogen) atoms. The maximum absolute atomic E-state index is 12.8. The van der Waals surface area contributed by atoms with Crippen molar-refractivity contribution in [3.05, 3.63) is 134 Å². The molecule has 376 valence electrons. The third-order valence-corrected chi connectivity index (χ3v) is 10.9. The number of esters is 3. The lowest BCUT2D eigenvalue weighted by molar-refractivity contribution is -0.167. The standard InChI is InChI=1S/C61H96O6/c1-4-7-10-13-16-19-22-25-28-29-30-31-34-36-39-42-45-48-51-54-60(63)66-57-58(67-61(64)55-52-49-46-43-40-37-33-27-24-21-18-15-12-9-6-3)56-65-59(62)53-50-47-44-41-38-35-32-26-23-20-17-14-11-8-5-2/h7,9-10,12-13,15-16,18-25,28-31,34,36,39,58H,4-6,8,11,14,17,26-27,32-33,35,37-38,40-57H2,1-3H3/b10-7-,12-9-,16-13-,18-15-,22-19-,23-20-,24-21-,28-25-,30-29+,34-31-,39-36-. The molecule has 1 unspecified atom stereocenters. The van der Waals surface area contributed by atoms with E-state index in [-0.39, 0.29) is 31.1 Å². The second kappa shape index (κ2) is 54.2. The van der Waals surface area contributed by atoms with Crippen molar-refractivity contribution < 1.29 is 28.6 Å². The Morgan fingerprint density at radius 1 is 0.313 bits per heavy atom. The predicted octanol–water partition coefficient (Wildman–Crippen LogP) is 17.9. The van der Waals surface area contributed by atoms with E-state index >= 15 is 0 Å². The van der Waals surface area contributed by atoms with Crippen molar-refractivity contribution in [1.29, 1.82) is 0 Å². The average molecular weight is 925 g/mol. The Hall–Kier alpha value is -4.45. The molecule has 0 spiro atoms. The molecule has 0 aromatic rings. The summed E-state index contributed by atoms with van der Waals surface area (Å²) in [5.74, 6) is -0.975. The Kier molecular flexibility index (Phi) is 50.6. The molecule has 0 aliphatic heterocycles. The van der Waals surface area contributed by atoms with Gasteiger partial charge in [0.1, 0.15) is 13.2 Å². The van der Waals surface area contributed by atoms with E-state index in [9.17, 15) is 14.4 Å².